The van der Waals surface area contributed by atoms with Gasteiger partial charge in [-0.15, -0.1) is 11.3 Å². The van der Waals surface area contributed by atoms with Gasteiger partial charge in [0.2, 0.25) is 5.13 Å². The normalized spacial score (nSPS) is 10.5. The van der Waals surface area contributed by atoms with E-state index in [9.17, 15) is 0 Å². The van der Waals surface area contributed by atoms with Crippen LogP contribution in [0, 0.1) is 14.9 Å². The average molecular weight is 443 g/mol. The molecular weight excluding hydrogens is 429 g/mol. The molecule has 1 aromatic heterocycles. The fourth-order valence-corrected chi connectivity index (χ4v) is 3.00. The van der Waals surface area contributed by atoms with Gasteiger partial charge in [0.25, 0.3) is 0 Å². The zero-order valence-electron chi connectivity index (χ0n) is 12.2. The van der Waals surface area contributed by atoms with Crippen LogP contribution in [0.4, 0.5) is 10.9 Å². The first kappa shape index (κ1) is 17.3. The number of rotatable bonds is 7. The lowest BCUT2D eigenvalue weighted by atomic mass is 10.2. The quantitative estimate of drug-likeness (QED) is 0.387. The van der Waals surface area contributed by atoms with Gasteiger partial charge in [-0.2, -0.15) is 10.4 Å². The van der Waals surface area contributed by atoms with Crippen molar-refractivity contribution in [3.63, 3.8) is 0 Å². The van der Waals surface area contributed by atoms with Crippen LogP contribution in [0.2, 0.25) is 0 Å². The fourth-order valence-electron chi connectivity index (χ4n) is 1.67. The van der Waals surface area contributed by atoms with Gasteiger partial charge in [-0.3, -0.25) is 5.43 Å². The van der Waals surface area contributed by atoms with Crippen molar-refractivity contribution in [3.8, 4) is 17.6 Å². The molecule has 0 atom stereocenters. The summed E-state index contributed by atoms with van der Waals surface area (Å²) in [7, 11) is 0. The molecule has 120 valence electrons. The Morgan fingerprint density at radius 2 is 2.35 bits per heavy atom. The van der Waals surface area contributed by atoms with Crippen molar-refractivity contribution in [1.82, 2.24) is 4.98 Å². The second kappa shape index (κ2) is 8.54. The second-order valence-electron chi connectivity index (χ2n) is 4.16. The van der Waals surface area contributed by atoms with Crippen molar-refractivity contribution < 1.29 is 9.47 Å². The van der Waals surface area contributed by atoms with Crippen molar-refractivity contribution in [2.24, 2.45) is 5.10 Å². The zero-order valence-corrected chi connectivity index (χ0v) is 15.2. The minimum Gasteiger partial charge on any atom is -0.490 e. The Balaban J connectivity index is 2.16. The molecule has 0 radical (unpaired) electrons. The third kappa shape index (κ3) is 4.97. The highest BCUT2D eigenvalue weighted by Gasteiger charge is 2.11. The number of hydrogen-bond donors (Lipinski definition) is 2. The number of benzene rings is 1. The minimum absolute atomic E-state index is 0.0312. The standard InChI is InChI=1S/C14H14IN5O2S/c1-2-21-11-6-9(5-10(15)13(11)22-4-3-16)7-18-20-14-19-12(17)8-23-14/h5-8H,2,4,17H2,1H3,(H,19,20). The molecule has 0 amide bonds. The van der Waals surface area contributed by atoms with Crippen molar-refractivity contribution in [1.29, 1.82) is 5.26 Å². The molecule has 2 rings (SSSR count). The van der Waals surface area contributed by atoms with Crippen molar-refractivity contribution in [2.75, 3.05) is 24.4 Å². The highest BCUT2D eigenvalue weighted by molar-refractivity contribution is 14.1. The Morgan fingerprint density at radius 3 is 3.00 bits per heavy atom. The first-order chi connectivity index (χ1) is 11.1. The molecule has 23 heavy (non-hydrogen) atoms. The molecule has 2 aromatic rings. The maximum atomic E-state index is 8.66. The van der Waals surface area contributed by atoms with Crippen molar-refractivity contribution >= 4 is 51.1 Å². The molecule has 0 aliphatic carbocycles. The van der Waals surface area contributed by atoms with E-state index < -0.39 is 0 Å². The van der Waals surface area contributed by atoms with Crippen LogP contribution < -0.4 is 20.6 Å². The number of hydrogen-bond acceptors (Lipinski definition) is 8. The van der Waals surface area contributed by atoms with Crippen molar-refractivity contribution in [3.05, 3.63) is 26.6 Å². The number of halogens is 1. The Morgan fingerprint density at radius 1 is 1.52 bits per heavy atom. The molecule has 1 aromatic carbocycles. The van der Waals surface area contributed by atoms with Crippen LogP contribution in [-0.4, -0.2) is 24.4 Å². The van der Waals surface area contributed by atoms with E-state index in [2.05, 4.69) is 38.1 Å². The number of nitrogens with zero attached hydrogens (tertiary/aromatic N) is 3. The van der Waals surface area contributed by atoms with E-state index in [0.29, 0.717) is 29.1 Å². The van der Waals surface area contributed by atoms with E-state index in [1.54, 1.807) is 17.7 Å². The van der Waals surface area contributed by atoms with Gasteiger partial charge in [0.05, 0.1) is 16.4 Å². The van der Waals surface area contributed by atoms with Gasteiger partial charge in [0, 0.05) is 5.38 Å². The van der Waals surface area contributed by atoms with Gasteiger partial charge in [-0.1, -0.05) is 0 Å². The number of aromatic nitrogens is 1. The third-order valence-corrected chi connectivity index (χ3v) is 4.07. The van der Waals surface area contributed by atoms with Gasteiger partial charge in [-0.05, 0) is 47.2 Å². The predicted octanol–water partition coefficient (Wildman–Crippen LogP) is 3.08. The Hall–Kier alpha value is -2.06. The van der Waals surface area contributed by atoms with Crippen LogP contribution in [-0.2, 0) is 0 Å². The summed E-state index contributed by atoms with van der Waals surface area (Å²) in [6.45, 7) is 2.35. The van der Waals surface area contributed by atoms with E-state index in [4.69, 9.17) is 20.5 Å². The second-order valence-corrected chi connectivity index (χ2v) is 6.18. The maximum Gasteiger partial charge on any atom is 0.205 e. The predicted molar refractivity (Wildman–Crippen MR) is 99.2 cm³/mol. The highest BCUT2D eigenvalue weighted by atomic mass is 127. The molecule has 0 saturated heterocycles. The third-order valence-electron chi connectivity index (χ3n) is 2.51. The molecule has 1 heterocycles. The number of hydrazone groups is 1. The van der Waals surface area contributed by atoms with E-state index in [-0.39, 0.29) is 6.61 Å². The fraction of sp³-hybridized carbons (Fsp3) is 0.214. The molecule has 0 spiro atoms. The van der Waals surface area contributed by atoms with Crippen LogP contribution in [0.1, 0.15) is 12.5 Å². The molecule has 0 bridgehead atoms. The number of nitriles is 1. The summed E-state index contributed by atoms with van der Waals surface area (Å²) in [6.07, 6.45) is 1.65. The molecular formula is C14H14IN5O2S. The van der Waals surface area contributed by atoms with Gasteiger partial charge in [0.1, 0.15) is 11.9 Å². The summed E-state index contributed by atoms with van der Waals surface area (Å²) >= 11 is 3.51. The highest BCUT2D eigenvalue weighted by Crippen LogP contribution is 2.33. The number of anilines is 2. The SMILES string of the molecule is CCOc1cc(C=NNc2nc(N)cs2)cc(I)c1OCC#N. The molecule has 0 aliphatic rings. The number of ether oxygens (including phenoxy) is 2. The summed E-state index contributed by atoms with van der Waals surface area (Å²) in [5.74, 6) is 1.60. The summed E-state index contributed by atoms with van der Waals surface area (Å²) in [6, 6.07) is 5.64. The van der Waals surface area contributed by atoms with E-state index in [0.717, 1.165) is 9.13 Å². The minimum atomic E-state index is -0.0312. The van der Waals surface area contributed by atoms with E-state index >= 15 is 0 Å². The van der Waals surface area contributed by atoms with Crippen LogP contribution >= 0.6 is 33.9 Å². The van der Waals surface area contributed by atoms with Gasteiger partial charge in [-0.25, -0.2) is 4.98 Å². The average Bonchev–Trinajstić information content (AvgIpc) is 2.92. The first-order valence-corrected chi connectivity index (χ1v) is 8.56. The van der Waals surface area contributed by atoms with E-state index in [1.807, 2.05) is 19.1 Å². The lowest BCUT2D eigenvalue weighted by Crippen LogP contribution is -2.02. The molecule has 0 unspecified atom stereocenters. The number of thiazole rings is 1. The number of nitrogens with two attached hydrogens (primary N) is 1. The largest absolute Gasteiger partial charge is 0.490 e. The lowest BCUT2D eigenvalue weighted by Gasteiger charge is -2.12. The topological polar surface area (TPSA) is 106 Å². The van der Waals surface area contributed by atoms with Crippen molar-refractivity contribution in [2.45, 2.75) is 6.92 Å². The van der Waals surface area contributed by atoms with Crippen LogP contribution in [0.3, 0.4) is 0 Å². The summed E-state index contributed by atoms with van der Waals surface area (Å²) in [4.78, 5) is 4.05. The monoisotopic (exact) mass is 443 g/mol. The Labute approximate surface area is 151 Å². The molecule has 3 N–H and O–H groups in total. The summed E-state index contributed by atoms with van der Waals surface area (Å²) < 4.78 is 11.8. The number of nitrogen functional groups attached to an aromatic ring is 1. The van der Waals surface area contributed by atoms with Crippen LogP contribution in [0.5, 0.6) is 11.5 Å². The zero-order chi connectivity index (χ0) is 16.7. The molecule has 0 fully saturated rings. The van der Waals surface area contributed by atoms with Gasteiger partial charge >= 0.3 is 0 Å². The maximum absolute atomic E-state index is 8.66. The molecule has 7 nitrogen and oxygen atoms in total. The molecule has 9 heteroatoms. The van der Waals surface area contributed by atoms with E-state index in [1.165, 1.54) is 11.3 Å². The van der Waals surface area contributed by atoms with Gasteiger partial charge < -0.3 is 15.2 Å². The summed E-state index contributed by atoms with van der Waals surface area (Å²) in [5.41, 5.74) is 9.19. The smallest absolute Gasteiger partial charge is 0.205 e. The lowest BCUT2D eigenvalue weighted by molar-refractivity contribution is 0.297. The molecule has 0 saturated carbocycles. The molecule has 0 aliphatic heterocycles. The van der Waals surface area contributed by atoms with Crippen LogP contribution in [0.15, 0.2) is 22.6 Å². The number of nitrogens with one attached hydrogen (secondary N) is 1. The Bertz CT molecular complexity index is 741. The summed E-state index contributed by atoms with van der Waals surface area (Å²) in [5, 5.41) is 15.1. The van der Waals surface area contributed by atoms with Crippen LogP contribution in [0.25, 0.3) is 0 Å². The first-order valence-electron chi connectivity index (χ1n) is 6.60. The Kier molecular flexibility index (Phi) is 6.42. The van der Waals surface area contributed by atoms with Gasteiger partial charge in [0.15, 0.2) is 18.1 Å².